The van der Waals surface area contributed by atoms with Crippen molar-refractivity contribution in [1.82, 2.24) is 10.2 Å². The standard InChI is InChI=1S/C43H80N2O2/c1-5-8-10-12-14-16-18-20-22-24-26-28-30-32-34-36-38-42(44-43(46)47-41-40-45(4)7-3)39-37-35-33-31-29-27-25-23-21-19-17-15-13-11-9-6-2/h14-17,20-23,42H,5-13,18-19,24-41H2,1-4H3,(H,44,46)/b16-14-,17-15-,22-20-,23-21-. The summed E-state index contributed by atoms with van der Waals surface area (Å²) < 4.78 is 5.50. The van der Waals surface area contributed by atoms with E-state index in [1.165, 1.54) is 141 Å². The molecule has 0 aliphatic carbocycles. The number of allylic oxidation sites excluding steroid dienone is 8. The molecule has 4 heteroatoms. The molecular formula is C43H80N2O2. The predicted molar refractivity (Wildman–Crippen MR) is 209 cm³/mol. The van der Waals surface area contributed by atoms with Crippen LogP contribution in [0.25, 0.3) is 0 Å². The van der Waals surface area contributed by atoms with Crippen molar-refractivity contribution in [2.45, 2.75) is 194 Å². The molecule has 4 nitrogen and oxygen atoms in total. The molecule has 0 bridgehead atoms. The summed E-state index contributed by atoms with van der Waals surface area (Å²) in [5.41, 5.74) is 0. The summed E-state index contributed by atoms with van der Waals surface area (Å²) in [5, 5.41) is 3.21. The number of hydrogen-bond donors (Lipinski definition) is 1. The lowest BCUT2D eigenvalue weighted by molar-refractivity contribution is 0.129. The Labute approximate surface area is 294 Å². The molecule has 0 aromatic carbocycles. The van der Waals surface area contributed by atoms with Gasteiger partial charge in [0, 0.05) is 12.6 Å². The second-order valence-corrected chi connectivity index (χ2v) is 13.6. The van der Waals surface area contributed by atoms with E-state index in [1.54, 1.807) is 0 Å². The molecular weight excluding hydrogens is 576 g/mol. The van der Waals surface area contributed by atoms with Crippen LogP contribution in [0, 0.1) is 0 Å². The molecule has 0 atom stereocenters. The third kappa shape index (κ3) is 36.9. The number of alkyl carbamates (subject to hydrolysis) is 1. The molecule has 1 N–H and O–H groups in total. The van der Waals surface area contributed by atoms with E-state index in [0.29, 0.717) is 6.61 Å². The van der Waals surface area contributed by atoms with Crippen LogP contribution in [-0.2, 0) is 4.74 Å². The van der Waals surface area contributed by atoms with Gasteiger partial charge in [0.1, 0.15) is 6.61 Å². The Kier molecular flexibility index (Phi) is 37.1. The lowest BCUT2D eigenvalue weighted by atomic mass is 10.00. The maximum Gasteiger partial charge on any atom is 0.407 e. The smallest absolute Gasteiger partial charge is 0.407 e. The number of nitrogens with one attached hydrogen (secondary N) is 1. The van der Waals surface area contributed by atoms with Crippen LogP contribution in [0.1, 0.15) is 188 Å². The Bertz CT molecular complexity index is 709. The number of amides is 1. The number of hydrogen-bond acceptors (Lipinski definition) is 3. The summed E-state index contributed by atoms with van der Waals surface area (Å²) in [4.78, 5) is 14.7. The fraction of sp³-hybridized carbons (Fsp3) is 0.791. The summed E-state index contributed by atoms with van der Waals surface area (Å²) in [6, 6.07) is 0.239. The zero-order valence-corrected chi connectivity index (χ0v) is 32.0. The van der Waals surface area contributed by atoms with Crippen LogP contribution in [0.15, 0.2) is 48.6 Å². The van der Waals surface area contributed by atoms with E-state index in [4.69, 9.17) is 4.74 Å². The van der Waals surface area contributed by atoms with Crippen LogP contribution in [0.4, 0.5) is 4.79 Å². The van der Waals surface area contributed by atoms with E-state index in [-0.39, 0.29) is 12.1 Å². The first kappa shape index (κ1) is 45.2. The van der Waals surface area contributed by atoms with Crippen molar-refractivity contribution in [2.24, 2.45) is 0 Å². The van der Waals surface area contributed by atoms with Gasteiger partial charge in [0.15, 0.2) is 0 Å². The number of unbranched alkanes of at least 4 members (excludes halogenated alkanes) is 18. The molecule has 47 heavy (non-hydrogen) atoms. The molecule has 0 aromatic rings. The second kappa shape index (κ2) is 38.6. The largest absolute Gasteiger partial charge is 0.448 e. The maximum atomic E-state index is 12.5. The molecule has 0 rings (SSSR count). The number of carbonyl (C=O) groups is 1. The maximum absolute atomic E-state index is 12.5. The van der Waals surface area contributed by atoms with E-state index in [2.05, 4.69) is 86.6 Å². The van der Waals surface area contributed by atoms with Crippen LogP contribution < -0.4 is 5.32 Å². The van der Waals surface area contributed by atoms with E-state index in [0.717, 1.165) is 38.8 Å². The average Bonchev–Trinajstić information content (AvgIpc) is 3.07. The van der Waals surface area contributed by atoms with Crippen molar-refractivity contribution in [3.63, 3.8) is 0 Å². The minimum absolute atomic E-state index is 0.237. The Morgan fingerprint density at radius 1 is 0.553 bits per heavy atom. The summed E-state index contributed by atoms with van der Waals surface area (Å²) in [6.45, 7) is 8.85. The lowest BCUT2D eigenvalue weighted by Crippen LogP contribution is -2.36. The minimum atomic E-state index is -0.237. The van der Waals surface area contributed by atoms with Crippen LogP contribution in [-0.4, -0.2) is 43.8 Å². The van der Waals surface area contributed by atoms with Crippen molar-refractivity contribution in [1.29, 1.82) is 0 Å². The van der Waals surface area contributed by atoms with Crippen LogP contribution in [0.2, 0.25) is 0 Å². The van der Waals surface area contributed by atoms with E-state index < -0.39 is 0 Å². The van der Waals surface area contributed by atoms with E-state index in [9.17, 15) is 4.79 Å². The molecule has 0 saturated carbocycles. The first-order valence-electron chi connectivity index (χ1n) is 20.4. The minimum Gasteiger partial charge on any atom is -0.448 e. The van der Waals surface area contributed by atoms with Gasteiger partial charge >= 0.3 is 6.09 Å². The SMILES string of the molecule is CCCCC/C=C\C/C=C\CCCCCCCCC(CCCCCCCC/C=C\C/C=C\CCCCC)NC(=O)OCCN(C)CC. The normalized spacial score (nSPS) is 12.3. The number of ether oxygens (including phenoxy) is 1. The summed E-state index contributed by atoms with van der Waals surface area (Å²) in [6.07, 6.45) is 51.0. The topological polar surface area (TPSA) is 41.6 Å². The summed E-state index contributed by atoms with van der Waals surface area (Å²) in [5.74, 6) is 0. The van der Waals surface area contributed by atoms with Gasteiger partial charge in [-0.2, -0.15) is 0 Å². The quantitative estimate of drug-likeness (QED) is 0.0545. The predicted octanol–water partition coefficient (Wildman–Crippen LogP) is 13.4. The third-order valence-electron chi connectivity index (χ3n) is 9.07. The van der Waals surface area contributed by atoms with Gasteiger partial charge in [-0.05, 0) is 90.6 Å². The van der Waals surface area contributed by atoms with Gasteiger partial charge in [-0.25, -0.2) is 4.79 Å². The Morgan fingerprint density at radius 2 is 0.936 bits per heavy atom. The molecule has 1 amide bonds. The molecule has 0 fully saturated rings. The highest BCUT2D eigenvalue weighted by atomic mass is 16.5. The molecule has 0 unspecified atom stereocenters. The molecule has 0 saturated heterocycles. The first-order valence-corrected chi connectivity index (χ1v) is 20.4. The fourth-order valence-electron chi connectivity index (χ4n) is 5.71. The van der Waals surface area contributed by atoms with Crippen molar-refractivity contribution < 1.29 is 9.53 Å². The van der Waals surface area contributed by atoms with E-state index >= 15 is 0 Å². The highest BCUT2D eigenvalue weighted by Crippen LogP contribution is 2.16. The summed E-state index contributed by atoms with van der Waals surface area (Å²) >= 11 is 0. The average molecular weight is 657 g/mol. The molecule has 0 aromatic heterocycles. The molecule has 274 valence electrons. The number of rotatable bonds is 35. The van der Waals surface area contributed by atoms with Crippen molar-refractivity contribution in [3.05, 3.63) is 48.6 Å². The highest BCUT2D eigenvalue weighted by Gasteiger charge is 2.13. The van der Waals surface area contributed by atoms with Gasteiger partial charge in [0.2, 0.25) is 0 Å². The Hall–Kier alpha value is -1.81. The molecule has 0 radical (unpaired) electrons. The molecule has 0 aliphatic heterocycles. The first-order chi connectivity index (χ1) is 23.1. The van der Waals surface area contributed by atoms with Gasteiger partial charge in [0.05, 0.1) is 0 Å². The van der Waals surface area contributed by atoms with Crippen molar-refractivity contribution >= 4 is 6.09 Å². The Balaban J connectivity index is 4.07. The van der Waals surface area contributed by atoms with Crippen LogP contribution in [0.5, 0.6) is 0 Å². The Morgan fingerprint density at radius 3 is 1.34 bits per heavy atom. The fourth-order valence-corrected chi connectivity index (χ4v) is 5.71. The monoisotopic (exact) mass is 657 g/mol. The molecule has 0 aliphatic rings. The number of nitrogens with zero attached hydrogens (tertiary/aromatic N) is 1. The number of likely N-dealkylation sites (N-methyl/N-ethyl adjacent to an activating group) is 1. The van der Waals surface area contributed by atoms with Crippen LogP contribution >= 0.6 is 0 Å². The third-order valence-corrected chi connectivity index (χ3v) is 9.07. The zero-order chi connectivity index (χ0) is 34.3. The second-order valence-electron chi connectivity index (χ2n) is 13.6. The van der Waals surface area contributed by atoms with Gasteiger partial charge in [-0.3, -0.25) is 0 Å². The van der Waals surface area contributed by atoms with Gasteiger partial charge in [-0.1, -0.05) is 159 Å². The van der Waals surface area contributed by atoms with Crippen LogP contribution in [0.3, 0.4) is 0 Å². The summed E-state index contributed by atoms with van der Waals surface area (Å²) in [7, 11) is 2.06. The molecule has 0 spiro atoms. The van der Waals surface area contributed by atoms with Crippen molar-refractivity contribution in [3.8, 4) is 0 Å². The number of carbonyl (C=O) groups excluding carboxylic acids is 1. The van der Waals surface area contributed by atoms with Gasteiger partial charge < -0.3 is 15.0 Å². The van der Waals surface area contributed by atoms with E-state index in [1.807, 2.05) is 0 Å². The highest BCUT2D eigenvalue weighted by molar-refractivity contribution is 5.67. The molecule has 0 heterocycles. The van der Waals surface area contributed by atoms with Crippen molar-refractivity contribution in [2.75, 3.05) is 26.7 Å². The van der Waals surface area contributed by atoms with Gasteiger partial charge in [-0.15, -0.1) is 0 Å². The zero-order valence-electron chi connectivity index (χ0n) is 32.0. The van der Waals surface area contributed by atoms with Gasteiger partial charge in [0.25, 0.3) is 0 Å². The lowest BCUT2D eigenvalue weighted by Gasteiger charge is -2.19.